The molecular formula is C13H14N4O4. The van der Waals surface area contributed by atoms with E-state index in [0.717, 1.165) is 18.7 Å². The second-order valence-corrected chi connectivity index (χ2v) is 4.82. The third-order valence-electron chi connectivity index (χ3n) is 3.25. The molecule has 0 radical (unpaired) electrons. The molecule has 1 aromatic heterocycles. The van der Waals surface area contributed by atoms with Gasteiger partial charge in [0.15, 0.2) is 5.82 Å². The van der Waals surface area contributed by atoms with Crippen LogP contribution in [0.4, 0.5) is 11.4 Å². The van der Waals surface area contributed by atoms with Crippen LogP contribution in [0.2, 0.25) is 0 Å². The number of aromatic nitrogens is 2. The first-order valence-corrected chi connectivity index (χ1v) is 6.56. The Bertz CT molecular complexity index is 666. The molecule has 21 heavy (non-hydrogen) atoms. The van der Waals surface area contributed by atoms with E-state index in [1.807, 2.05) is 0 Å². The predicted octanol–water partition coefficient (Wildman–Crippen LogP) is 2.48. The molecule has 1 aliphatic rings. The summed E-state index contributed by atoms with van der Waals surface area (Å²) in [6.45, 7) is 0.289. The van der Waals surface area contributed by atoms with Gasteiger partial charge in [0, 0.05) is 18.1 Å². The molecule has 1 aliphatic carbocycles. The number of benzene rings is 1. The van der Waals surface area contributed by atoms with Gasteiger partial charge in [0.2, 0.25) is 5.89 Å². The van der Waals surface area contributed by atoms with Gasteiger partial charge in [-0.05, 0) is 18.9 Å². The summed E-state index contributed by atoms with van der Waals surface area (Å²) in [6.07, 6.45) is 2.20. The molecule has 1 saturated carbocycles. The average molecular weight is 290 g/mol. The second-order valence-electron chi connectivity index (χ2n) is 4.82. The minimum atomic E-state index is -0.456. The number of nitro groups is 1. The van der Waals surface area contributed by atoms with Crippen molar-refractivity contribution in [3.05, 3.63) is 40.0 Å². The maximum absolute atomic E-state index is 10.8. The molecule has 0 bridgehead atoms. The summed E-state index contributed by atoms with van der Waals surface area (Å²) in [6, 6.07) is 4.35. The topological polar surface area (TPSA) is 103 Å². The zero-order valence-corrected chi connectivity index (χ0v) is 11.4. The highest BCUT2D eigenvalue weighted by Crippen LogP contribution is 2.38. The van der Waals surface area contributed by atoms with E-state index in [2.05, 4.69) is 15.5 Å². The Morgan fingerprint density at radius 3 is 3.00 bits per heavy atom. The first kappa shape index (κ1) is 13.3. The van der Waals surface area contributed by atoms with Crippen LogP contribution in [0.5, 0.6) is 5.75 Å². The predicted molar refractivity (Wildman–Crippen MR) is 73.2 cm³/mol. The van der Waals surface area contributed by atoms with Crippen LogP contribution < -0.4 is 10.1 Å². The summed E-state index contributed by atoms with van der Waals surface area (Å²) >= 11 is 0. The van der Waals surface area contributed by atoms with E-state index in [1.54, 1.807) is 6.07 Å². The summed E-state index contributed by atoms with van der Waals surface area (Å²) in [4.78, 5) is 14.6. The zero-order valence-electron chi connectivity index (χ0n) is 11.4. The SMILES string of the molecule is COc1ccc([N+](=O)[O-])cc1NCc1nc(C2CC2)no1. The smallest absolute Gasteiger partial charge is 0.271 e. The number of hydrogen-bond acceptors (Lipinski definition) is 7. The Balaban J connectivity index is 1.73. The number of nitrogens with one attached hydrogen (secondary N) is 1. The van der Waals surface area contributed by atoms with Gasteiger partial charge in [0.25, 0.3) is 5.69 Å². The van der Waals surface area contributed by atoms with Crippen LogP contribution in [0.15, 0.2) is 22.7 Å². The Morgan fingerprint density at radius 2 is 2.33 bits per heavy atom. The number of methoxy groups -OCH3 is 1. The lowest BCUT2D eigenvalue weighted by molar-refractivity contribution is -0.384. The van der Waals surface area contributed by atoms with E-state index in [-0.39, 0.29) is 12.2 Å². The molecule has 3 rings (SSSR count). The maximum Gasteiger partial charge on any atom is 0.271 e. The van der Waals surface area contributed by atoms with E-state index in [1.165, 1.54) is 19.2 Å². The number of rotatable bonds is 6. The molecule has 0 aliphatic heterocycles. The van der Waals surface area contributed by atoms with Crippen LogP contribution in [-0.4, -0.2) is 22.2 Å². The minimum Gasteiger partial charge on any atom is -0.495 e. The molecule has 0 spiro atoms. The summed E-state index contributed by atoms with van der Waals surface area (Å²) in [5.41, 5.74) is 0.500. The molecule has 1 heterocycles. The lowest BCUT2D eigenvalue weighted by Gasteiger charge is -2.09. The van der Waals surface area contributed by atoms with Crippen molar-refractivity contribution in [1.29, 1.82) is 0 Å². The molecule has 0 saturated heterocycles. The van der Waals surface area contributed by atoms with Gasteiger partial charge >= 0.3 is 0 Å². The number of anilines is 1. The van der Waals surface area contributed by atoms with Crippen LogP contribution in [0.25, 0.3) is 0 Å². The summed E-state index contributed by atoms with van der Waals surface area (Å²) in [7, 11) is 1.50. The molecule has 0 amide bonds. The normalized spacial score (nSPS) is 14.0. The quantitative estimate of drug-likeness (QED) is 0.643. The van der Waals surface area contributed by atoms with Crippen molar-refractivity contribution < 1.29 is 14.2 Å². The lowest BCUT2D eigenvalue weighted by atomic mass is 10.2. The van der Waals surface area contributed by atoms with E-state index in [0.29, 0.717) is 23.2 Å². The molecule has 110 valence electrons. The fraction of sp³-hybridized carbons (Fsp3) is 0.385. The van der Waals surface area contributed by atoms with Crippen molar-refractivity contribution in [3.63, 3.8) is 0 Å². The van der Waals surface area contributed by atoms with Gasteiger partial charge in [-0.15, -0.1) is 0 Å². The maximum atomic E-state index is 10.8. The lowest BCUT2D eigenvalue weighted by Crippen LogP contribution is -2.02. The molecule has 1 aromatic carbocycles. The molecule has 0 unspecified atom stereocenters. The molecule has 1 fully saturated rings. The first-order chi connectivity index (χ1) is 10.2. The summed E-state index contributed by atoms with van der Waals surface area (Å²) < 4.78 is 10.3. The Kier molecular flexibility index (Phi) is 3.43. The fourth-order valence-electron chi connectivity index (χ4n) is 1.97. The van der Waals surface area contributed by atoms with Crippen LogP contribution in [0, 0.1) is 10.1 Å². The van der Waals surface area contributed by atoms with E-state index >= 15 is 0 Å². The first-order valence-electron chi connectivity index (χ1n) is 6.56. The Hall–Kier alpha value is -2.64. The highest BCUT2D eigenvalue weighted by Gasteiger charge is 2.28. The highest BCUT2D eigenvalue weighted by atomic mass is 16.6. The van der Waals surface area contributed by atoms with Gasteiger partial charge in [-0.25, -0.2) is 0 Å². The van der Waals surface area contributed by atoms with Crippen molar-refractivity contribution in [2.75, 3.05) is 12.4 Å². The number of hydrogen-bond donors (Lipinski definition) is 1. The van der Waals surface area contributed by atoms with E-state index < -0.39 is 4.92 Å². The standard InChI is InChI=1S/C13H14N4O4/c1-20-11-5-4-9(17(18)19)6-10(11)14-7-12-15-13(16-21-12)8-2-3-8/h4-6,8,14H,2-3,7H2,1H3. The number of non-ortho nitro benzene ring substituents is 1. The minimum absolute atomic E-state index is 0.0116. The van der Waals surface area contributed by atoms with Gasteiger partial charge in [-0.3, -0.25) is 10.1 Å². The molecule has 1 N–H and O–H groups in total. The van der Waals surface area contributed by atoms with Gasteiger partial charge in [0.1, 0.15) is 5.75 Å². The summed E-state index contributed by atoms with van der Waals surface area (Å²) in [5, 5.41) is 17.7. The largest absolute Gasteiger partial charge is 0.495 e. The van der Waals surface area contributed by atoms with Crippen LogP contribution >= 0.6 is 0 Å². The van der Waals surface area contributed by atoms with Crippen LogP contribution in [-0.2, 0) is 6.54 Å². The zero-order chi connectivity index (χ0) is 14.8. The second kappa shape index (κ2) is 5.39. The van der Waals surface area contributed by atoms with Gasteiger partial charge in [-0.1, -0.05) is 5.16 Å². The highest BCUT2D eigenvalue weighted by molar-refractivity contribution is 5.61. The molecule has 8 nitrogen and oxygen atoms in total. The van der Waals surface area contributed by atoms with Crippen molar-refractivity contribution in [2.45, 2.75) is 25.3 Å². The van der Waals surface area contributed by atoms with Crippen LogP contribution in [0.3, 0.4) is 0 Å². The fourth-order valence-corrected chi connectivity index (χ4v) is 1.97. The van der Waals surface area contributed by atoms with Crippen molar-refractivity contribution >= 4 is 11.4 Å². The van der Waals surface area contributed by atoms with Crippen molar-refractivity contribution in [2.24, 2.45) is 0 Å². The number of ether oxygens (including phenoxy) is 1. The number of nitrogens with zero attached hydrogens (tertiary/aromatic N) is 3. The van der Waals surface area contributed by atoms with E-state index in [4.69, 9.17) is 9.26 Å². The van der Waals surface area contributed by atoms with Crippen LogP contribution in [0.1, 0.15) is 30.5 Å². The monoisotopic (exact) mass is 290 g/mol. The Labute approximate surface area is 120 Å². The van der Waals surface area contributed by atoms with Gasteiger partial charge < -0.3 is 14.6 Å². The van der Waals surface area contributed by atoms with E-state index in [9.17, 15) is 10.1 Å². The molecule has 0 atom stereocenters. The summed E-state index contributed by atoms with van der Waals surface area (Å²) in [5.74, 6) is 2.13. The third-order valence-corrected chi connectivity index (χ3v) is 3.25. The average Bonchev–Trinajstić information content (AvgIpc) is 3.23. The molecular weight excluding hydrogens is 276 g/mol. The third kappa shape index (κ3) is 2.93. The van der Waals surface area contributed by atoms with Crippen molar-refractivity contribution in [1.82, 2.24) is 10.1 Å². The molecule has 2 aromatic rings. The number of nitro benzene ring substituents is 1. The Morgan fingerprint density at radius 1 is 1.52 bits per heavy atom. The van der Waals surface area contributed by atoms with Gasteiger partial charge in [0.05, 0.1) is 24.3 Å². The van der Waals surface area contributed by atoms with Crippen molar-refractivity contribution in [3.8, 4) is 5.75 Å². The molecule has 8 heteroatoms. The van der Waals surface area contributed by atoms with Gasteiger partial charge in [-0.2, -0.15) is 4.98 Å².